The first kappa shape index (κ1) is 23.0. The van der Waals surface area contributed by atoms with Crippen LogP contribution in [0.1, 0.15) is 0 Å². The Morgan fingerprint density at radius 1 is 0.864 bits per heavy atom. The van der Waals surface area contributed by atoms with Gasteiger partial charge >= 0.3 is 11.9 Å². The largest absolute Gasteiger partial charge is 0.462 e. The summed E-state index contributed by atoms with van der Waals surface area (Å²) in [4.78, 5) is 22.8. The maximum Gasteiger partial charge on any atom is 0.346 e. The molecule has 0 heterocycles. The molecule has 0 aromatic rings. The zero-order valence-corrected chi connectivity index (χ0v) is 16.5. The Kier molecular flexibility index (Phi) is 13.9. The average Bonchev–Trinajstić information content (AvgIpc) is 2.53. The second-order valence-electron chi connectivity index (χ2n) is 3.83. The molecule has 0 saturated heterocycles. The van der Waals surface area contributed by atoms with Gasteiger partial charge in [0.1, 0.15) is 13.2 Å². The van der Waals surface area contributed by atoms with E-state index in [1.54, 1.807) is 0 Å². The Bertz CT molecular complexity index is 314. The van der Waals surface area contributed by atoms with Crippen LogP contribution in [0.4, 0.5) is 0 Å². The van der Waals surface area contributed by atoms with E-state index in [0.29, 0.717) is 33.1 Å². The minimum absolute atomic E-state index is 0.00534. The van der Waals surface area contributed by atoms with Crippen molar-refractivity contribution in [1.29, 1.82) is 0 Å². The molecule has 0 radical (unpaired) electrons. The summed E-state index contributed by atoms with van der Waals surface area (Å²) < 4.78 is 9.56. The standard InChI is InChI=1S/C10H18O6S6/c11-7(15-1-5(19)3-17)9(13)21-22-10(14)8(12)16-2-6(20)4-18/h5-6,9-10,13-14,17-20H,1-4H2. The van der Waals surface area contributed by atoms with Gasteiger partial charge in [-0.1, -0.05) is 0 Å². The predicted molar refractivity (Wildman–Crippen MR) is 102 cm³/mol. The highest BCUT2D eigenvalue weighted by Gasteiger charge is 2.24. The molecule has 130 valence electrons. The van der Waals surface area contributed by atoms with Crippen molar-refractivity contribution in [3.8, 4) is 0 Å². The first-order valence-corrected chi connectivity index (χ1v) is 10.5. The number of aliphatic hydroxyl groups is 2. The van der Waals surface area contributed by atoms with Crippen LogP contribution in [0.2, 0.25) is 0 Å². The maximum atomic E-state index is 11.4. The fourth-order valence-corrected chi connectivity index (χ4v) is 2.75. The zero-order valence-electron chi connectivity index (χ0n) is 11.3. The molecule has 0 aromatic heterocycles. The van der Waals surface area contributed by atoms with Crippen molar-refractivity contribution in [2.45, 2.75) is 21.4 Å². The Balaban J connectivity index is 3.99. The molecule has 2 N–H and O–H groups in total. The second kappa shape index (κ2) is 13.3. The summed E-state index contributed by atoms with van der Waals surface area (Å²) in [6, 6.07) is 0. The van der Waals surface area contributed by atoms with Gasteiger partial charge in [-0.25, -0.2) is 9.59 Å². The minimum Gasteiger partial charge on any atom is -0.462 e. The molecule has 0 aliphatic rings. The molecule has 0 aliphatic carbocycles. The molecule has 0 rings (SSSR count). The summed E-state index contributed by atoms with van der Waals surface area (Å²) >= 11 is 16.1. The van der Waals surface area contributed by atoms with Gasteiger partial charge in [-0.3, -0.25) is 0 Å². The Morgan fingerprint density at radius 3 is 1.45 bits per heavy atom. The number of ether oxygens (including phenoxy) is 2. The van der Waals surface area contributed by atoms with Crippen molar-refractivity contribution in [1.82, 2.24) is 0 Å². The summed E-state index contributed by atoms with van der Waals surface area (Å²) in [5.41, 5.74) is -3.08. The second-order valence-corrected chi connectivity index (χ2v) is 8.45. The van der Waals surface area contributed by atoms with Crippen molar-refractivity contribution in [2.75, 3.05) is 24.7 Å². The number of carbonyl (C=O) groups excluding carboxylic acids is 2. The Hall–Kier alpha value is 0.960. The predicted octanol–water partition coefficient (Wildman–Crippen LogP) is 0.547. The van der Waals surface area contributed by atoms with Crippen molar-refractivity contribution in [2.24, 2.45) is 0 Å². The van der Waals surface area contributed by atoms with Crippen LogP contribution in [-0.4, -0.2) is 68.2 Å². The smallest absolute Gasteiger partial charge is 0.346 e. The van der Waals surface area contributed by atoms with Gasteiger partial charge in [0.05, 0.1) is 0 Å². The summed E-state index contributed by atoms with van der Waals surface area (Å²) in [7, 11) is 1.18. The zero-order chi connectivity index (χ0) is 17.1. The van der Waals surface area contributed by atoms with Gasteiger partial charge in [-0.15, -0.1) is 0 Å². The number of esters is 2. The number of thiol groups is 4. The molecule has 12 heteroatoms. The molecule has 0 aliphatic heterocycles. The van der Waals surface area contributed by atoms with Crippen LogP contribution in [0.25, 0.3) is 0 Å². The van der Waals surface area contributed by atoms with Gasteiger partial charge in [-0.2, -0.15) is 50.5 Å². The van der Waals surface area contributed by atoms with Crippen LogP contribution in [0, 0.1) is 0 Å². The number of aliphatic hydroxyl groups excluding tert-OH is 2. The minimum atomic E-state index is -1.54. The van der Waals surface area contributed by atoms with Gasteiger partial charge < -0.3 is 19.7 Å². The Morgan fingerprint density at radius 2 is 1.18 bits per heavy atom. The topological polar surface area (TPSA) is 93.1 Å². The third kappa shape index (κ3) is 10.7. The van der Waals surface area contributed by atoms with E-state index in [-0.39, 0.29) is 23.7 Å². The summed E-state index contributed by atoms with van der Waals surface area (Å²) in [6.07, 6.45) is 0. The van der Waals surface area contributed by atoms with E-state index >= 15 is 0 Å². The lowest BCUT2D eigenvalue weighted by molar-refractivity contribution is -0.149. The average molecular weight is 427 g/mol. The van der Waals surface area contributed by atoms with E-state index < -0.39 is 22.8 Å². The quantitative estimate of drug-likeness (QED) is 0.123. The fraction of sp³-hybridized carbons (Fsp3) is 0.800. The van der Waals surface area contributed by atoms with Crippen molar-refractivity contribution < 1.29 is 29.3 Å². The molecule has 0 bridgehead atoms. The van der Waals surface area contributed by atoms with Gasteiger partial charge in [-0.05, 0) is 21.6 Å². The molecular weight excluding hydrogens is 409 g/mol. The number of rotatable bonds is 11. The molecule has 22 heavy (non-hydrogen) atoms. The van der Waals surface area contributed by atoms with Crippen LogP contribution >= 0.6 is 72.1 Å². The van der Waals surface area contributed by atoms with E-state index in [2.05, 4.69) is 50.5 Å². The van der Waals surface area contributed by atoms with E-state index in [1.165, 1.54) is 0 Å². The van der Waals surface area contributed by atoms with Crippen molar-refractivity contribution in [3.05, 3.63) is 0 Å². The summed E-state index contributed by atoms with van der Waals surface area (Å²) in [6.45, 7) is 0.0107. The van der Waals surface area contributed by atoms with Crippen LogP contribution < -0.4 is 0 Å². The van der Waals surface area contributed by atoms with Crippen molar-refractivity contribution >= 4 is 84.0 Å². The first-order chi connectivity index (χ1) is 10.3. The highest BCUT2D eigenvalue weighted by molar-refractivity contribution is 8.77. The lowest BCUT2D eigenvalue weighted by atomic mass is 10.5. The van der Waals surface area contributed by atoms with Gasteiger partial charge in [0.2, 0.25) is 10.9 Å². The molecule has 0 aromatic carbocycles. The van der Waals surface area contributed by atoms with Crippen molar-refractivity contribution in [3.63, 3.8) is 0 Å². The molecule has 6 nitrogen and oxygen atoms in total. The lowest BCUT2D eigenvalue weighted by Gasteiger charge is -2.14. The Labute approximate surface area is 158 Å². The molecule has 0 saturated carbocycles. The third-order valence-corrected chi connectivity index (χ3v) is 6.31. The number of carbonyl (C=O) groups is 2. The number of hydrogen-bond acceptors (Lipinski definition) is 12. The highest BCUT2D eigenvalue weighted by atomic mass is 33.1. The monoisotopic (exact) mass is 426 g/mol. The summed E-state index contributed by atoms with van der Waals surface area (Å²) in [5, 5.41) is 18.6. The van der Waals surface area contributed by atoms with Crippen LogP contribution in [-0.2, 0) is 19.1 Å². The molecule has 0 amide bonds. The van der Waals surface area contributed by atoms with Crippen LogP contribution in [0.5, 0.6) is 0 Å². The number of hydrogen-bond donors (Lipinski definition) is 6. The highest BCUT2D eigenvalue weighted by Crippen LogP contribution is 2.30. The lowest BCUT2D eigenvalue weighted by Crippen LogP contribution is -2.25. The van der Waals surface area contributed by atoms with Gasteiger partial charge in [0.25, 0.3) is 0 Å². The molecule has 0 fully saturated rings. The molecule has 4 atom stereocenters. The fourth-order valence-electron chi connectivity index (χ4n) is 0.788. The van der Waals surface area contributed by atoms with Gasteiger partial charge in [0, 0.05) is 22.0 Å². The first-order valence-electron chi connectivity index (χ1n) is 5.91. The summed E-state index contributed by atoms with van der Waals surface area (Å²) in [5.74, 6) is -0.942. The third-order valence-electron chi connectivity index (χ3n) is 1.90. The van der Waals surface area contributed by atoms with Crippen LogP contribution in [0.3, 0.4) is 0 Å². The van der Waals surface area contributed by atoms with E-state index in [4.69, 9.17) is 9.47 Å². The van der Waals surface area contributed by atoms with E-state index in [0.717, 1.165) is 0 Å². The molecular formula is C10H18O6S6. The molecule has 0 spiro atoms. The van der Waals surface area contributed by atoms with E-state index in [9.17, 15) is 19.8 Å². The maximum absolute atomic E-state index is 11.4. The van der Waals surface area contributed by atoms with Gasteiger partial charge in [0.15, 0.2) is 0 Å². The van der Waals surface area contributed by atoms with E-state index in [1.807, 2.05) is 0 Å². The molecule has 4 unspecified atom stereocenters. The normalized spacial score (nSPS) is 16.5. The SMILES string of the molecule is O=C(OCC(S)CS)C(O)SSC(O)C(=O)OCC(S)CS. The van der Waals surface area contributed by atoms with Crippen LogP contribution in [0.15, 0.2) is 0 Å².